The maximum absolute atomic E-state index is 12.0. The van der Waals surface area contributed by atoms with E-state index in [2.05, 4.69) is 22.9 Å². The summed E-state index contributed by atoms with van der Waals surface area (Å²) in [4.78, 5) is 14.1. The first-order valence-corrected chi connectivity index (χ1v) is 6.45. The van der Waals surface area contributed by atoms with E-state index in [0.29, 0.717) is 15.4 Å². The van der Waals surface area contributed by atoms with E-state index in [1.165, 1.54) is 0 Å². The molecule has 0 N–H and O–H groups in total. The lowest BCUT2D eigenvalue weighted by Crippen LogP contribution is -2.28. The number of amides is 1. The van der Waals surface area contributed by atoms with E-state index in [9.17, 15) is 4.79 Å². The van der Waals surface area contributed by atoms with Crippen molar-refractivity contribution in [3.8, 4) is 0 Å². The zero-order chi connectivity index (χ0) is 12.1. The van der Waals surface area contributed by atoms with E-state index in [1.54, 1.807) is 36.2 Å². The summed E-state index contributed by atoms with van der Waals surface area (Å²) in [6, 6.07) is 7.02. The minimum atomic E-state index is 0.00986. The molecule has 88 valence electrons. The number of nitrogens with zero attached hydrogens (tertiary/aromatic N) is 1. The van der Waals surface area contributed by atoms with Gasteiger partial charge in [-0.25, -0.2) is 0 Å². The van der Waals surface area contributed by atoms with Crippen molar-refractivity contribution < 1.29 is 4.79 Å². The van der Waals surface area contributed by atoms with Crippen molar-refractivity contribution in [2.75, 3.05) is 13.6 Å². The number of hydrogen-bond acceptors (Lipinski definition) is 1. The van der Waals surface area contributed by atoms with Crippen molar-refractivity contribution in [3.63, 3.8) is 0 Å². The molecule has 0 fully saturated rings. The molecule has 1 aromatic rings. The topological polar surface area (TPSA) is 20.3 Å². The van der Waals surface area contributed by atoms with Crippen LogP contribution in [0, 0.1) is 0 Å². The van der Waals surface area contributed by atoms with Crippen molar-refractivity contribution in [2.24, 2.45) is 0 Å². The zero-order valence-electron chi connectivity index (χ0n) is 9.41. The lowest BCUT2D eigenvalue weighted by molar-refractivity contribution is 0.0794. The molecule has 0 aliphatic rings. The Balaban J connectivity index is 2.63. The van der Waals surface area contributed by atoms with Gasteiger partial charge in [0.1, 0.15) is 0 Å². The number of alkyl halides is 1. The van der Waals surface area contributed by atoms with E-state index >= 15 is 0 Å². The van der Waals surface area contributed by atoms with Gasteiger partial charge in [0, 0.05) is 29.0 Å². The second-order valence-electron chi connectivity index (χ2n) is 3.81. The molecule has 1 unspecified atom stereocenters. The second-order valence-corrected chi connectivity index (χ2v) is 5.81. The zero-order valence-corrected chi connectivity index (χ0v) is 11.8. The minimum Gasteiger partial charge on any atom is -0.342 e. The predicted molar refractivity (Wildman–Crippen MR) is 71.4 cm³/mol. The molecule has 0 aromatic heterocycles. The largest absolute Gasteiger partial charge is 0.342 e. The molecule has 0 aliphatic heterocycles. The Kier molecular flexibility index (Phi) is 5.29. The Morgan fingerprint density at radius 1 is 1.56 bits per heavy atom. The summed E-state index contributed by atoms with van der Waals surface area (Å²) >= 11 is 9.30. The molecule has 4 heteroatoms. The summed E-state index contributed by atoms with van der Waals surface area (Å²) in [5.74, 6) is 0.00986. The van der Waals surface area contributed by atoms with Gasteiger partial charge in [-0.05, 0) is 24.6 Å². The van der Waals surface area contributed by atoms with Crippen LogP contribution in [-0.4, -0.2) is 29.2 Å². The number of benzene rings is 1. The molecule has 0 aliphatic carbocycles. The summed E-state index contributed by atoms with van der Waals surface area (Å²) in [6.45, 7) is 2.80. The Bertz CT molecular complexity index is 368. The van der Waals surface area contributed by atoms with Crippen molar-refractivity contribution in [2.45, 2.75) is 18.2 Å². The van der Waals surface area contributed by atoms with Gasteiger partial charge in [-0.1, -0.05) is 40.5 Å². The van der Waals surface area contributed by atoms with Crippen LogP contribution in [0.15, 0.2) is 24.3 Å². The van der Waals surface area contributed by atoms with Crippen molar-refractivity contribution in [3.05, 3.63) is 34.9 Å². The molecule has 1 aromatic carbocycles. The SMILES string of the molecule is CC(Br)CCN(C)C(=O)c1cccc(Cl)c1. The highest BCUT2D eigenvalue weighted by molar-refractivity contribution is 9.09. The highest BCUT2D eigenvalue weighted by atomic mass is 79.9. The van der Waals surface area contributed by atoms with Crippen LogP contribution in [0.5, 0.6) is 0 Å². The monoisotopic (exact) mass is 303 g/mol. The molecular formula is C12H15BrClNO. The number of rotatable bonds is 4. The molecule has 2 nitrogen and oxygen atoms in total. The van der Waals surface area contributed by atoms with Crippen LogP contribution in [0.2, 0.25) is 5.02 Å². The average molecular weight is 305 g/mol. The Morgan fingerprint density at radius 2 is 2.25 bits per heavy atom. The molecule has 1 amide bonds. The Labute approximate surface area is 110 Å². The van der Waals surface area contributed by atoms with Gasteiger partial charge in [0.2, 0.25) is 0 Å². The van der Waals surface area contributed by atoms with Gasteiger partial charge in [-0.3, -0.25) is 4.79 Å². The molecule has 1 rings (SSSR count). The lowest BCUT2D eigenvalue weighted by Gasteiger charge is -2.18. The molecule has 0 bridgehead atoms. The van der Waals surface area contributed by atoms with Crippen LogP contribution >= 0.6 is 27.5 Å². The number of carbonyl (C=O) groups excluding carboxylic acids is 1. The van der Waals surface area contributed by atoms with Gasteiger partial charge in [0.05, 0.1) is 0 Å². The second kappa shape index (κ2) is 6.26. The van der Waals surface area contributed by atoms with E-state index in [1.807, 2.05) is 0 Å². The molecular weight excluding hydrogens is 289 g/mol. The molecule has 0 saturated heterocycles. The number of halogens is 2. The first-order valence-electron chi connectivity index (χ1n) is 5.16. The first kappa shape index (κ1) is 13.5. The predicted octanol–water partition coefficient (Wildman–Crippen LogP) is 3.59. The maximum Gasteiger partial charge on any atom is 0.253 e. The van der Waals surface area contributed by atoms with Crippen molar-refractivity contribution in [1.29, 1.82) is 0 Å². The Hall–Kier alpha value is -0.540. The lowest BCUT2D eigenvalue weighted by atomic mass is 10.2. The fourth-order valence-electron chi connectivity index (χ4n) is 1.31. The molecule has 0 heterocycles. The van der Waals surface area contributed by atoms with Crippen molar-refractivity contribution >= 4 is 33.4 Å². The maximum atomic E-state index is 12.0. The van der Waals surface area contributed by atoms with Crippen LogP contribution in [0.3, 0.4) is 0 Å². The van der Waals surface area contributed by atoms with Crippen LogP contribution in [-0.2, 0) is 0 Å². The average Bonchev–Trinajstić information content (AvgIpc) is 2.24. The summed E-state index contributed by atoms with van der Waals surface area (Å²) < 4.78 is 0. The highest BCUT2D eigenvalue weighted by Crippen LogP contribution is 2.13. The quantitative estimate of drug-likeness (QED) is 0.779. The smallest absolute Gasteiger partial charge is 0.253 e. The fourth-order valence-corrected chi connectivity index (χ4v) is 1.71. The standard InChI is InChI=1S/C12H15BrClNO/c1-9(13)6-7-15(2)12(16)10-4-3-5-11(14)8-10/h3-5,8-9H,6-7H2,1-2H3. The van der Waals surface area contributed by atoms with Crippen molar-refractivity contribution in [1.82, 2.24) is 4.90 Å². The van der Waals surface area contributed by atoms with Gasteiger partial charge < -0.3 is 4.90 Å². The third-order valence-electron chi connectivity index (χ3n) is 2.28. The van der Waals surface area contributed by atoms with Gasteiger partial charge in [-0.15, -0.1) is 0 Å². The molecule has 16 heavy (non-hydrogen) atoms. The first-order chi connectivity index (χ1) is 7.50. The highest BCUT2D eigenvalue weighted by Gasteiger charge is 2.12. The number of carbonyl (C=O) groups is 1. The Morgan fingerprint density at radius 3 is 2.81 bits per heavy atom. The minimum absolute atomic E-state index is 0.00986. The van der Waals surface area contributed by atoms with Gasteiger partial charge in [0.15, 0.2) is 0 Å². The van der Waals surface area contributed by atoms with E-state index in [4.69, 9.17) is 11.6 Å². The summed E-state index contributed by atoms with van der Waals surface area (Å²) in [5.41, 5.74) is 0.636. The fraction of sp³-hybridized carbons (Fsp3) is 0.417. The van der Waals surface area contributed by atoms with Gasteiger partial charge in [-0.2, -0.15) is 0 Å². The third kappa shape index (κ3) is 4.14. The van der Waals surface area contributed by atoms with Crippen LogP contribution in [0.25, 0.3) is 0 Å². The number of hydrogen-bond donors (Lipinski definition) is 0. The van der Waals surface area contributed by atoms with E-state index in [-0.39, 0.29) is 5.91 Å². The summed E-state index contributed by atoms with van der Waals surface area (Å²) in [5, 5.41) is 0.591. The normalized spacial score (nSPS) is 12.2. The van der Waals surface area contributed by atoms with Crippen LogP contribution in [0.4, 0.5) is 0 Å². The van der Waals surface area contributed by atoms with Gasteiger partial charge in [0.25, 0.3) is 5.91 Å². The van der Waals surface area contributed by atoms with Gasteiger partial charge >= 0.3 is 0 Å². The third-order valence-corrected chi connectivity index (χ3v) is 2.97. The summed E-state index contributed by atoms with van der Waals surface area (Å²) in [7, 11) is 1.80. The summed E-state index contributed by atoms with van der Waals surface area (Å²) in [6.07, 6.45) is 0.933. The van der Waals surface area contributed by atoms with Crippen LogP contribution < -0.4 is 0 Å². The van der Waals surface area contributed by atoms with E-state index in [0.717, 1.165) is 13.0 Å². The molecule has 1 atom stereocenters. The molecule has 0 spiro atoms. The molecule has 0 saturated carbocycles. The molecule has 0 radical (unpaired) electrons. The van der Waals surface area contributed by atoms with E-state index < -0.39 is 0 Å². The van der Waals surface area contributed by atoms with Crippen LogP contribution in [0.1, 0.15) is 23.7 Å².